The van der Waals surface area contributed by atoms with E-state index >= 15 is 0 Å². The van der Waals surface area contributed by atoms with Crippen molar-refractivity contribution < 1.29 is 17.1 Å². The number of rotatable bonds is 4. The summed E-state index contributed by atoms with van der Waals surface area (Å²) >= 11 is 0. The monoisotopic (exact) mass is 253 g/mol. The van der Waals surface area contributed by atoms with E-state index in [4.69, 9.17) is 4.52 Å². The summed E-state index contributed by atoms with van der Waals surface area (Å²) in [6.07, 6.45) is 0. The molecule has 6 heteroatoms. The van der Waals surface area contributed by atoms with E-state index in [1.54, 1.807) is 19.1 Å². The van der Waals surface area contributed by atoms with E-state index in [-0.39, 0.29) is 11.6 Å². The second-order valence-electron chi connectivity index (χ2n) is 3.26. The van der Waals surface area contributed by atoms with Gasteiger partial charge in [0.15, 0.2) is 5.76 Å². The molecule has 0 aliphatic heterocycles. The first-order chi connectivity index (χ1) is 8.13. The summed E-state index contributed by atoms with van der Waals surface area (Å²) in [6, 6.07) is 10.5. The third-order valence-corrected chi connectivity index (χ3v) is 3.33. The van der Waals surface area contributed by atoms with Crippen molar-refractivity contribution in [3.8, 4) is 11.3 Å². The molecule has 0 N–H and O–H groups in total. The molecular weight excluding hydrogens is 242 g/mol. The van der Waals surface area contributed by atoms with Gasteiger partial charge >= 0.3 is 10.1 Å². The molecular formula is C11H11NO4S. The van der Waals surface area contributed by atoms with Crippen LogP contribution in [-0.2, 0) is 14.3 Å². The molecule has 1 heterocycles. The summed E-state index contributed by atoms with van der Waals surface area (Å²) in [6.45, 7) is 1.66. The molecule has 2 aromatic rings. The Labute approximate surface area is 99.1 Å². The molecule has 17 heavy (non-hydrogen) atoms. The topological polar surface area (TPSA) is 69.4 Å². The summed E-state index contributed by atoms with van der Waals surface area (Å²) < 4.78 is 32.7. The van der Waals surface area contributed by atoms with Gasteiger partial charge in [0, 0.05) is 11.6 Å². The summed E-state index contributed by atoms with van der Waals surface area (Å²) in [7, 11) is -3.80. The van der Waals surface area contributed by atoms with Gasteiger partial charge in [-0.1, -0.05) is 35.5 Å². The first kappa shape index (κ1) is 11.8. The number of hydrogen-bond donors (Lipinski definition) is 0. The number of hydrogen-bond acceptors (Lipinski definition) is 5. The zero-order chi connectivity index (χ0) is 12.3. The highest BCUT2D eigenvalue weighted by Crippen LogP contribution is 2.22. The van der Waals surface area contributed by atoms with E-state index in [9.17, 15) is 8.42 Å². The van der Waals surface area contributed by atoms with Crippen LogP contribution < -0.4 is 0 Å². The highest BCUT2D eigenvalue weighted by atomic mass is 32.2. The van der Waals surface area contributed by atoms with E-state index in [1.165, 1.54) is 6.07 Å². The Balaban J connectivity index is 2.35. The summed E-state index contributed by atoms with van der Waals surface area (Å²) in [4.78, 5) is 0. The highest BCUT2D eigenvalue weighted by molar-refractivity contribution is 7.86. The minimum absolute atomic E-state index is 0.0653. The van der Waals surface area contributed by atoms with Crippen LogP contribution in [0.5, 0.6) is 0 Å². The summed E-state index contributed by atoms with van der Waals surface area (Å²) in [5, 5.41) is 3.28. The van der Waals surface area contributed by atoms with E-state index in [0.29, 0.717) is 5.76 Å². The van der Waals surface area contributed by atoms with Crippen LogP contribution in [-0.4, -0.2) is 20.2 Å². The van der Waals surface area contributed by atoms with Crippen molar-refractivity contribution in [2.45, 2.75) is 11.9 Å². The molecule has 0 saturated heterocycles. The van der Waals surface area contributed by atoms with Crippen LogP contribution in [0.3, 0.4) is 0 Å². The van der Waals surface area contributed by atoms with Gasteiger partial charge < -0.3 is 4.52 Å². The predicted molar refractivity (Wildman–Crippen MR) is 60.8 cm³/mol. The molecule has 0 radical (unpaired) electrons. The first-order valence-electron chi connectivity index (χ1n) is 5.05. The van der Waals surface area contributed by atoms with E-state index < -0.39 is 10.1 Å². The van der Waals surface area contributed by atoms with Gasteiger partial charge in [-0.2, -0.15) is 8.42 Å². The Kier molecular flexibility index (Phi) is 3.26. The van der Waals surface area contributed by atoms with Gasteiger partial charge in [0.1, 0.15) is 0 Å². The fourth-order valence-electron chi connectivity index (χ4n) is 1.33. The van der Waals surface area contributed by atoms with Crippen molar-refractivity contribution in [1.29, 1.82) is 0 Å². The minimum atomic E-state index is -3.80. The zero-order valence-electron chi connectivity index (χ0n) is 9.16. The SMILES string of the molecule is CCOS(=O)(=O)c1cc(-c2ccccc2)on1. The second-order valence-corrected chi connectivity index (χ2v) is 4.82. The molecule has 0 unspecified atom stereocenters. The molecule has 0 spiro atoms. The van der Waals surface area contributed by atoms with Crippen LogP contribution >= 0.6 is 0 Å². The average Bonchev–Trinajstić information content (AvgIpc) is 2.80. The molecule has 0 aliphatic carbocycles. The Bertz CT molecular complexity index is 589. The van der Waals surface area contributed by atoms with Gasteiger partial charge in [-0.05, 0) is 6.92 Å². The predicted octanol–water partition coefficient (Wildman–Crippen LogP) is 2.07. The smallest absolute Gasteiger partial charge is 0.318 e. The number of aromatic nitrogens is 1. The van der Waals surface area contributed by atoms with E-state index in [2.05, 4.69) is 9.34 Å². The molecule has 0 fully saturated rings. The lowest BCUT2D eigenvalue weighted by atomic mass is 10.2. The lowest BCUT2D eigenvalue weighted by Gasteiger charge is -1.96. The molecule has 2 rings (SSSR count). The molecule has 0 bridgehead atoms. The third kappa shape index (κ3) is 2.54. The van der Waals surface area contributed by atoms with Crippen molar-refractivity contribution in [2.75, 3.05) is 6.61 Å². The quantitative estimate of drug-likeness (QED) is 0.780. The van der Waals surface area contributed by atoms with Crippen LogP contribution in [0.1, 0.15) is 6.92 Å². The maximum Gasteiger partial charge on any atom is 0.318 e. The van der Waals surface area contributed by atoms with Gasteiger partial charge in [0.2, 0.25) is 5.03 Å². The maximum absolute atomic E-state index is 11.5. The van der Waals surface area contributed by atoms with Crippen LogP contribution in [0.15, 0.2) is 45.9 Å². The van der Waals surface area contributed by atoms with Gasteiger partial charge in [-0.3, -0.25) is 4.18 Å². The number of nitrogens with zero attached hydrogens (tertiary/aromatic N) is 1. The fourth-order valence-corrected chi connectivity index (χ4v) is 2.14. The Morgan fingerprint density at radius 3 is 2.65 bits per heavy atom. The van der Waals surface area contributed by atoms with Crippen molar-refractivity contribution in [2.24, 2.45) is 0 Å². The van der Waals surface area contributed by atoms with Crippen molar-refractivity contribution in [1.82, 2.24) is 5.16 Å². The Hall–Kier alpha value is -1.66. The van der Waals surface area contributed by atoms with E-state index in [0.717, 1.165) is 5.56 Å². The highest BCUT2D eigenvalue weighted by Gasteiger charge is 2.20. The van der Waals surface area contributed by atoms with Gasteiger partial charge in [-0.25, -0.2) is 0 Å². The molecule has 5 nitrogen and oxygen atoms in total. The summed E-state index contributed by atoms with van der Waals surface area (Å²) in [5.41, 5.74) is 0.762. The van der Waals surface area contributed by atoms with Crippen LogP contribution in [0.4, 0.5) is 0 Å². The maximum atomic E-state index is 11.5. The van der Waals surface area contributed by atoms with Crippen molar-refractivity contribution in [3.05, 3.63) is 36.4 Å². The molecule has 0 amide bonds. The van der Waals surface area contributed by atoms with Gasteiger partial charge in [-0.15, -0.1) is 0 Å². The van der Waals surface area contributed by atoms with Crippen molar-refractivity contribution >= 4 is 10.1 Å². The summed E-state index contributed by atoms with van der Waals surface area (Å²) in [5.74, 6) is 0.392. The average molecular weight is 253 g/mol. The molecule has 0 aliphatic rings. The second kappa shape index (κ2) is 4.68. The lowest BCUT2D eigenvalue weighted by Crippen LogP contribution is -2.05. The lowest BCUT2D eigenvalue weighted by molar-refractivity contribution is 0.329. The number of benzene rings is 1. The largest absolute Gasteiger partial charge is 0.355 e. The molecule has 1 aromatic carbocycles. The molecule has 1 aromatic heterocycles. The standard InChI is InChI=1S/C11H11NO4S/c1-2-15-17(13,14)11-8-10(16-12-11)9-6-4-3-5-7-9/h3-8H,2H2,1H3. The molecule has 0 saturated carbocycles. The fraction of sp³-hybridized carbons (Fsp3) is 0.182. The minimum Gasteiger partial charge on any atom is -0.355 e. The Morgan fingerprint density at radius 2 is 2.00 bits per heavy atom. The van der Waals surface area contributed by atoms with E-state index in [1.807, 2.05) is 18.2 Å². The zero-order valence-corrected chi connectivity index (χ0v) is 9.98. The van der Waals surface area contributed by atoms with Crippen LogP contribution in [0, 0.1) is 0 Å². The van der Waals surface area contributed by atoms with Gasteiger partial charge in [0.25, 0.3) is 0 Å². The Morgan fingerprint density at radius 1 is 1.29 bits per heavy atom. The van der Waals surface area contributed by atoms with Crippen molar-refractivity contribution in [3.63, 3.8) is 0 Å². The molecule has 90 valence electrons. The van der Waals surface area contributed by atoms with Crippen LogP contribution in [0.25, 0.3) is 11.3 Å². The third-order valence-electron chi connectivity index (χ3n) is 2.08. The first-order valence-corrected chi connectivity index (χ1v) is 6.46. The van der Waals surface area contributed by atoms with Crippen LogP contribution in [0.2, 0.25) is 0 Å². The molecule has 0 atom stereocenters. The van der Waals surface area contributed by atoms with Gasteiger partial charge in [0.05, 0.1) is 6.61 Å². The normalized spacial score (nSPS) is 11.6.